The molecule has 25 heavy (non-hydrogen) atoms. The number of halogens is 1. The minimum atomic E-state index is -0.327. The molecule has 0 bridgehead atoms. The number of benzene rings is 2. The quantitative estimate of drug-likeness (QED) is 0.730. The van der Waals surface area contributed by atoms with E-state index in [0.29, 0.717) is 17.8 Å². The van der Waals surface area contributed by atoms with Crippen LogP contribution in [-0.2, 0) is 6.42 Å². The van der Waals surface area contributed by atoms with Crippen LogP contribution in [0.4, 0.5) is 5.69 Å². The number of aromatic nitrogens is 3. The molecule has 0 fully saturated rings. The summed E-state index contributed by atoms with van der Waals surface area (Å²) in [7, 11) is 0. The lowest BCUT2D eigenvalue weighted by Crippen LogP contribution is -2.14. The molecule has 6 nitrogen and oxygen atoms in total. The Morgan fingerprint density at radius 2 is 2.04 bits per heavy atom. The van der Waals surface area contributed by atoms with E-state index in [9.17, 15) is 4.79 Å². The topological polar surface area (TPSA) is 83.6 Å². The van der Waals surface area contributed by atoms with E-state index in [1.165, 1.54) is 0 Å². The van der Waals surface area contributed by atoms with E-state index in [4.69, 9.17) is 5.26 Å². The van der Waals surface area contributed by atoms with Gasteiger partial charge < -0.3 is 5.32 Å². The molecule has 3 rings (SSSR count). The van der Waals surface area contributed by atoms with Gasteiger partial charge in [0.2, 0.25) is 0 Å². The third kappa shape index (κ3) is 3.75. The van der Waals surface area contributed by atoms with Crippen molar-refractivity contribution in [3.8, 4) is 11.8 Å². The predicted octanol–water partition coefficient (Wildman–Crippen LogP) is 3.66. The summed E-state index contributed by atoms with van der Waals surface area (Å²) in [4.78, 5) is 12.5. The number of nitrogens with one attached hydrogen (secondary N) is 1. The van der Waals surface area contributed by atoms with Gasteiger partial charge in [-0.05, 0) is 42.8 Å². The van der Waals surface area contributed by atoms with Gasteiger partial charge in [0.05, 0.1) is 23.9 Å². The maximum atomic E-state index is 12.5. The first kappa shape index (κ1) is 16.9. The molecule has 0 radical (unpaired) electrons. The zero-order valence-electron chi connectivity index (χ0n) is 13.4. The molecular formula is C18H14BrN5O. The van der Waals surface area contributed by atoms with E-state index < -0.39 is 0 Å². The fourth-order valence-corrected chi connectivity index (χ4v) is 2.77. The summed E-state index contributed by atoms with van der Waals surface area (Å²) in [6.07, 6.45) is 0.342. The summed E-state index contributed by atoms with van der Waals surface area (Å²) in [6.45, 7) is 1.80. The SMILES string of the molecule is Cc1c(C(=O)Nc2ccc(CC#N)cc2)nnn1-c1cccc(Br)c1. The Kier molecular flexibility index (Phi) is 4.91. The van der Waals surface area contributed by atoms with Crippen molar-refractivity contribution < 1.29 is 4.79 Å². The molecule has 0 atom stereocenters. The second kappa shape index (κ2) is 7.28. The Hall–Kier alpha value is -2.98. The molecule has 0 spiro atoms. The summed E-state index contributed by atoms with van der Waals surface area (Å²) in [5.41, 5.74) is 3.28. The Bertz CT molecular complexity index is 956. The maximum Gasteiger partial charge on any atom is 0.278 e. The lowest BCUT2D eigenvalue weighted by atomic mass is 10.1. The second-order valence-corrected chi connectivity index (χ2v) is 6.32. The van der Waals surface area contributed by atoms with E-state index in [2.05, 4.69) is 37.6 Å². The van der Waals surface area contributed by atoms with Crippen LogP contribution in [0.5, 0.6) is 0 Å². The number of carbonyl (C=O) groups excluding carboxylic acids is 1. The van der Waals surface area contributed by atoms with Crippen LogP contribution in [0.15, 0.2) is 53.0 Å². The van der Waals surface area contributed by atoms with Gasteiger partial charge in [0.15, 0.2) is 5.69 Å². The highest BCUT2D eigenvalue weighted by atomic mass is 79.9. The minimum absolute atomic E-state index is 0.265. The van der Waals surface area contributed by atoms with Gasteiger partial charge in [0.25, 0.3) is 5.91 Å². The lowest BCUT2D eigenvalue weighted by Gasteiger charge is -2.06. The number of hydrogen-bond donors (Lipinski definition) is 1. The Labute approximate surface area is 153 Å². The first-order chi connectivity index (χ1) is 12.1. The number of carbonyl (C=O) groups is 1. The van der Waals surface area contributed by atoms with Crippen molar-refractivity contribution in [1.29, 1.82) is 5.26 Å². The molecule has 0 saturated heterocycles. The summed E-state index contributed by atoms with van der Waals surface area (Å²) >= 11 is 3.42. The fraction of sp³-hybridized carbons (Fsp3) is 0.111. The van der Waals surface area contributed by atoms with Crippen LogP contribution in [0.3, 0.4) is 0 Å². The number of anilines is 1. The van der Waals surface area contributed by atoms with Gasteiger partial charge >= 0.3 is 0 Å². The highest BCUT2D eigenvalue weighted by molar-refractivity contribution is 9.10. The lowest BCUT2D eigenvalue weighted by molar-refractivity contribution is 0.102. The number of nitrogens with zero attached hydrogens (tertiary/aromatic N) is 4. The summed E-state index contributed by atoms with van der Waals surface area (Å²) < 4.78 is 2.54. The number of rotatable bonds is 4. The van der Waals surface area contributed by atoms with Gasteiger partial charge in [-0.25, -0.2) is 4.68 Å². The number of hydrogen-bond acceptors (Lipinski definition) is 4. The molecule has 0 unspecified atom stereocenters. The monoisotopic (exact) mass is 395 g/mol. The average Bonchev–Trinajstić information content (AvgIpc) is 2.98. The Balaban J connectivity index is 1.80. The minimum Gasteiger partial charge on any atom is -0.321 e. The maximum absolute atomic E-state index is 12.5. The summed E-state index contributed by atoms with van der Waals surface area (Å²) in [5.74, 6) is -0.327. The van der Waals surface area contributed by atoms with E-state index in [1.807, 2.05) is 36.4 Å². The molecule has 124 valence electrons. The molecule has 0 aliphatic heterocycles. The first-order valence-corrected chi connectivity index (χ1v) is 8.33. The van der Waals surface area contributed by atoms with Crippen molar-refractivity contribution in [3.05, 3.63) is 70.0 Å². The molecule has 7 heteroatoms. The third-order valence-electron chi connectivity index (χ3n) is 3.66. The van der Waals surface area contributed by atoms with E-state index >= 15 is 0 Å². The largest absolute Gasteiger partial charge is 0.321 e. The van der Waals surface area contributed by atoms with Crippen molar-refractivity contribution in [1.82, 2.24) is 15.0 Å². The molecular weight excluding hydrogens is 382 g/mol. The van der Waals surface area contributed by atoms with Crippen LogP contribution in [0, 0.1) is 18.3 Å². The van der Waals surface area contributed by atoms with Gasteiger partial charge in [-0.2, -0.15) is 5.26 Å². The van der Waals surface area contributed by atoms with E-state index in [-0.39, 0.29) is 11.6 Å². The number of amides is 1. The van der Waals surface area contributed by atoms with Crippen molar-refractivity contribution in [2.45, 2.75) is 13.3 Å². The van der Waals surface area contributed by atoms with Crippen LogP contribution in [0.1, 0.15) is 21.7 Å². The predicted molar refractivity (Wildman–Crippen MR) is 97.5 cm³/mol. The molecule has 0 aliphatic carbocycles. The van der Waals surface area contributed by atoms with Crippen LogP contribution >= 0.6 is 15.9 Å². The molecule has 1 N–H and O–H groups in total. The normalized spacial score (nSPS) is 10.3. The highest BCUT2D eigenvalue weighted by Gasteiger charge is 2.17. The molecule has 1 aromatic heterocycles. The Morgan fingerprint density at radius 1 is 1.28 bits per heavy atom. The van der Waals surface area contributed by atoms with Crippen LogP contribution in [-0.4, -0.2) is 20.9 Å². The van der Waals surface area contributed by atoms with Crippen LogP contribution in [0.25, 0.3) is 5.69 Å². The van der Waals surface area contributed by atoms with Gasteiger partial charge in [-0.3, -0.25) is 4.79 Å². The Morgan fingerprint density at radius 3 is 2.72 bits per heavy atom. The van der Waals surface area contributed by atoms with Crippen molar-refractivity contribution >= 4 is 27.5 Å². The third-order valence-corrected chi connectivity index (χ3v) is 4.15. The molecule has 0 aliphatic rings. The molecule has 3 aromatic rings. The van der Waals surface area contributed by atoms with E-state index in [0.717, 1.165) is 15.7 Å². The van der Waals surface area contributed by atoms with Gasteiger partial charge in [-0.1, -0.05) is 39.3 Å². The second-order valence-electron chi connectivity index (χ2n) is 5.40. The van der Waals surface area contributed by atoms with E-state index in [1.54, 1.807) is 23.7 Å². The average molecular weight is 396 g/mol. The molecule has 1 heterocycles. The van der Waals surface area contributed by atoms with Crippen molar-refractivity contribution in [3.63, 3.8) is 0 Å². The van der Waals surface area contributed by atoms with Crippen LogP contribution in [0.2, 0.25) is 0 Å². The van der Waals surface area contributed by atoms with Gasteiger partial charge in [0.1, 0.15) is 0 Å². The molecule has 2 aromatic carbocycles. The molecule has 1 amide bonds. The first-order valence-electron chi connectivity index (χ1n) is 7.54. The summed E-state index contributed by atoms with van der Waals surface area (Å²) in [5, 5.41) is 19.6. The standard InChI is InChI=1S/C18H14BrN5O/c1-12-17(22-23-24(12)16-4-2-3-14(19)11-16)18(25)21-15-7-5-13(6-8-15)9-10-20/h2-8,11H,9H2,1H3,(H,21,25). The van der Waals surface area contributed by atoms with Crippen molar-refractivity contribution in [2.75, 3.05) is 5.32 Å². The highest BCUT2D eigenvalue weighted by Crippen LogP contribution is 2.18. The number of nitriles is 1. The zero-order valence-corrected chi connectivity index (χ0v) is 15.0. The summed E-state index contributed by atoms with van der Waals surface area (Å²) in [6, 6.07) is 16.8. The zero-order chi connectivity index (χ0) is 17.8. The van der Waals surface area contributed by atoms with Gasteiger partial charge in [0, 0.05) is 10.2 Å². The smallest absolute Gasteiger partial charge is 0.278 e. The van der Waals surface area contributed by atoms with Gasteiger partial charge in [-0.15, -0.1) is 5.10 Å². The van der Waals surface area contributed by atoms with Crippen molar-refractivity contribution in [2.24, 2.45) is 0 Å². The molecule has 0 saturated carbocycles. The fourth-order valence-electron chi connectivity index (χ4n) is 2.38. The van der Waals surface area contributed by atoms with Crippen LogP contribution < -0.4 is 5.32 Å².